The van der Waals surface area contributed by atoms with Crippen LogP contribution in [0.4, 0.5) is 0 Å². The van der Waals surface area contributed by atoms with Gasteiger partial charge >= 0.3 is 5.97 Å². The van der Waals surface area contributed by atoms with Crippen LogP contribution in [0.3, 0.4) is 0 Å². The molecule has 0 spiro atoms. The van der Waals surface area contributed by atoms with Crippen molar-refractivity contribution in [3.63, 3.8) is 0 Å². The summed E-state index contributed by atoms with van der Waals surface area (Å²) < 4.78 is 5.57. The SMILES string of the molecule is Cc1cc(OCc2nc(C)c(C(=O)O)s2)ccc1Cl. The van der Waals surface area contributed by atoms with Crippen LogP contribution >= 0.6 is 22.9 Å². The fraction of sp³-hybridized carbons (Fsp3) is 0.231. The van der Waals surface area contributed by atoms with Crippen LogP contribution in [-0.2, 0) is 6.61 Å². The molecule has 0 fully saturated rings. The van der Waals surface area contributed by atoms with Crippen molar-refractivity contribution in [3.05, 3.63) is 44.4 Å². The van der Waals surface area contributed by atoms with Gasteiger partial charge in [0.1, 0.15) is 22.2 Å². The molecule has 100 valence electrons. The highest BCUT2D eigenvalue weighted by Crippen LogP contribution is 2.23. The summed E-state index contributed by atoms with van der Waals surface area (Å²) in [5.41, 5.74) is 1.45. The third-order valence-corrected chi connectivity index (χ3v) is 4.07. The number of carbonyl (C=O) groups is 1. The van der Waals surface area contributed by atoms with Gasteiger partial charge in [0.05, 0.1) is 5.69 Å². The molecule has 0 radical (unpaired) electrons. The van der Waals surface area contributed by atoms with Gasteiger partial charge in [-0.2, -0.15) is 0 Å². The normalized spacial score (nSPS) is 10.5. The molecular weight excluding hydrogens is 286 g/mol. The van der Waals surface area contributed by atoms with E-state index in [0.717, 1.165) is 16.9 Å². The summed E-state index contributed by atoms with van der Waals surface area (Å²) in [5, 5.41) is 10.3. The quantitative estimate of drug-likeness (QED) is 0.935. The van der Waals surface area contributed by atoms with Crippen LogP contribution in [0.25, 0.3) is 0 Å². The highest BCUT2D eigenvalue weighted by molar-refractivity contribution is 7.13. The number of ether oxygens (including phenoxy) is 1. The minimum Gasteiger partial charge on any atom is -0.486 e. The minimum atomic E-state index is -0.955. The molecule has 0 atom stereocenters. The first-order chi connectivity index (χ1) is 8.97. The van der Waals surface area contributed by atoms with E-state index in [0.29, 0.717) is 21.5 Å². The first-order valence-corrected chi connectivity index (χ1v) is 6.75. The molecule has 1 heterocycles. The average molecular weight is 298 g/mol. The standard InChI is InChI=1S/C13H12ClNO3S/c1-7-5-9(3-4-10(7)14)18-6-11-15-8(2)12(19-11)13(16)17/h3-5H,6H2,1-2H3,(H,16,17). The number of hydrogen-bond acceptors (Lipinski definition) is 4. The molecule has 0 saturated heterocycles. The van der Waals surface area contributed by atoms with E-state index in [9.17, 15) is 4.79 Å². The molecule has 0 bridgehead atoms. The fourth-order valence-corrected chi connectivity index (χ4v) is 2.50. The van der Waals surface area contributed by atoms with Crippen LogP contribution in [0, 0.1) is 13.8 Å². The largest absolute Gasteiger partial charge is 0.486 e. The van der Waals surface area contributed by atoms with Gasteiger partial charge in [0.2, 0.25) is 0 Å². The third-order valence-electron chi connectivity index (χ3n) is 2.53. The average Bonchev–Trinajstić information content (AvgIpc) is 2.72. The Kier molecular flexibility index (Phi) is 4.07. The molecule has 0 amide bonds. The Bertz CT molecular complexity index is 624. The lowest BCUT2D eigenvalue weighted by Gasteiger charge is -2.05. The zero-order chi connectivity index (χ0) is 14.0. The maximum atomic E-state index is 10.9. The van der Waals surface area contributed by atoms with Gasteiger partial charge in [-0.15, -0.1) is 11.3 Å². The number of aromatic nitrogens is 1. The monoisotopic (exact) mass is 297 g/mol. The molecule has 4 nitrogen and oxygen atoms in total. The Balaban J connectivity index is 2.08. The fourth-order valence-electron chi connectivity index (χ4n) is 1.56. The van der Waals surface area contributed by atoms with Crippen molar-refractivity contribution in [2.75, 3.05) is 0 Å². The molecule has 0 aliphatic heterocycles. The van der Waals surface area contributed by atoms with E-state index in [1.165, 1.54) is 0 Å². The topological polar surface area (TPSA) is 59.4 Å². The third kappa shape index (κ3) is 3.24. The summed E-state index contributed by atoms with van der Waals surface area (Å²) in [6.45, 7) is 3.82. The molecule has 6 heteroatoms. The van der Waals surface area contributed by atoms with Crippen LogP contribution in [0.15, 0.2) is 18.2 Å². The molecule has 0 saturated carbocycles. The van der Waals surface area contributed by atoms with E-state index in [4.69, 9.17) is 21.4 Å². The summed E-state index contributed by atoms with van der Waals surface area (Å²) in [4.78, 5) is 15.3. The van der Waals surface area contributed by atoms with Crippen LogP contribution in [0.2, 0.25) is 5.02 Å². The number of halogens is 1. The summed E-state index contributed by atoms with van der Waals surface area (Å²) in [6.07, 6.45) is 0. The Morgan fingerprint density at radius 2 is 2.21 bits per heavy atom. The molecule has 0 unspecified atom stereocenters. The van der Waals surface area contributed by atoms with Gasteiger partial charge in [-0.1, -0.05) is 11.6 Å². The molecule has 1 N–H and O–H groups in total. The maximum Gasteiger partial charge on any atom is 0.347 e. The zero-order valence-electron chi connectivity index (χ0n) is 10.4. The Labute approximate surface area is 119 Å². The highest BCUT2D eigenvalue weighted by atomic mass is 35.5. The van der Waals surface area contributed by atoms with Crippen LogP contribution in [0.5, 0.6) is 5.75 Å². The van der Waals surface area contributed by atoms with Gasteiger partial charge in [-0.25, -0.2) is 9.78 Å². The van der Waals surface area contributed by atoms with Gasteiger partial charge in [0, 0.05) is 5.02 Å². The number of nitrogens with zero attached hydrogens (tertiary/aromatic N) is 1. The van der Waals surface area contributed by atoms with E-state index < -0.39 is 5.97 Å². The lowest BCUT2D eigenvalue weighted by atomic mass is 10.2. The highest BCUT2D eigenvalue weighted by Gasteiger charge is 2.14. The van der Waals surface area contributed by atoms with E-state index in [2.05, 4.69) is 4.98 Å². The molecule has 0 aliphatic carbocycles. The lowest BCUT2D eigenvalue weighted by molar-refractivity contribution is 0.0701. The summed E-state index contributed by atoms with van der Waals surface area (Å²) in [7, 11) is 0. The van der Waals surface area contributed by atoms with E-state index in [1.54, 1.807) is 19.1 Å². The van der Waals surface area contributed by atoms with Crippen molar-refractivity contribution in [2.24, 2.45) is 0 Å². The van der Waals surface area contributed by atoms with Gasteiger partial charge in [0.15, 0.2) is 0 Å². The Morgan fingerprint density at radius 1 is 1.47 bits per heavy atom. The van der Waals surface area contributed by atoms with Crippen molar-refractivity contribution in [3.8, 4) is 5.75 Å². The van der Waals surface area contributed by atoms with E-state index in [1.807, 2.05) is 13.0 Å². The number of hydrogen-bond donors (Lipinski definition) is 1. The predicted octanol–water partition coefficient (Wildman–Crippen LogP) is 3.69. The smallest absolute Gasteiger partial charge is 0.347 e. The van der Waals surface area contributed by atoms with Gasteiger partial charge < -0.3 is 9.84 Å². The summed E-state index contributed by atoms with van der Waals surface area (Å²) in [5.74, 6) is -0.268. The van der Waals surface area contributed by atoms with E-state index in [-0.39, 0.29) is 11.5 Å². The number of rotatable bonds is 4. The van der Waals surface area contributed by atoms with Crippen molar-refractivity contribution in [1.82, 2.24) is 4.98 Å². The second-order valence-electron chi connectivity index (χ2n) is 4.03. The van der Waals surface area contributed by atoms with Crippen molar-refractivity contribution >= 4 is 28.9 Å². The number of aryl methyl sites for hydroxylation is 2. The number of thiazole rings is 1. The molecule has 0 aliphatic rings. The Morgan fingerprint density at radius 3 is 2.79 bits per heavy atom. The second kappa shape index (κ2) is 5.59. The van der Waals surface area contributed by atoms with Gasteiger partial charge in [-0.05, 0) is 37.6 Å². The maximum absolute atomic E-state index is 10.9. The first-order valence-electron chi connectivity index (χ1n) is 5.56. The molecule has 1 aromatic heterocycles. The Hall–Kier alpha value is -1.59. The molecule has 2 aromatic rings. The van der Waals surface area contributed by atoms with Crippen molar-refractivity contribution < 1.29 is 14.6 Å². The molecular formula is C13H12ClNO3S. The van der Waals surface area contributed by atoms with Crippen molar-refractivity contribution in [2.45, 2.75) is 20.5 Å². The predicted molar refractivity (Wildman–Crippen MR) is 74.3 cm³/mol. The molecule has 1 aromatic carbocycles. The van der Waals surface area contributed by atoms with E-state index >= 15 is 0 Å². The molecule has 2 rings (SSSR count). The van der Waals surface area contributed by atoms with Crippen LogP contribution in [-0.4, -0.2) is 16.1 Å². The summed E-state index contributed by atoms with van der Waals surface area (Å²) >= 11 is 7.06. The van der Waals surface area contributed by atoms with Crippen LogP contribution in [0.1, 0.15) is 25.9 Å². The number of carboxylic acids is 1. The number of carboxylic acid groups (broad SMARTS) is 1. The summed E-state index contributed by atoms with van der Waals surface area (Å²) in [6, 6.07) is 5.37. The van der Waals surface area contributed by atoms with Gasteiger partial charge in [-0.3, -0.25) is 0 Å². The zero-order valence-corrected chi connectivity index (χ0v) is 12.0. The van der Waals surface area contributed by atoms with Crippen LogP contribution < -0.4 is 4.74 Å². The van der Waals surface area contributed by atoms with Gasteiger partial charge in [0.25, 0.3) is 0 Å². The minimum absolute atomic E-state index is 0.250. The number of aromatic carboxylic acids is 1. The second-order valence-corrected chi connectivity index (χ2v) is 5.52. The van der Waals surface area contributed by atoms with Crippen molar-refractivity contribution in [1.29, 1.82) is 0 Å². The molecule has 19 heavy (non-hydrogen) atoms. The lowest BCUT2D eigenvalue weighted by Crippen LogP contribution is -1.95. The first kappa shape index (κ1) is 13.8. The number of benzene rings is 1.